The molecule has 2 amide bonds. The molecule has 0 saturated heterocycles. The zero-order chi connectivity index (χ0) is 19.9. The highest BCUT2D eigenvalue weighted by Crippen LogP contribution is 2.30. The van der Waals surface area contributed by atoms with E-state index in [9.17, 15) is 18.0 Å². The lowest BCUT2D eigenvalue weighted by atomic mass is 10.00. The van der Waals surface area contributed by atoms with Crippen LogP contribution in [0.25, 0.3) is 0 Å². The highest BCUT2D eigenvalue weighted by Gasteiger charge is 2.27. The zero-order valence-corrected chi connectivity index (χ0v) is 16.5. The molecule has 2 aliphatic rings. The van der Waals surface area contributed by atoms with Gasteiger partial charge in [0.1, 0.15) is 0 Å². The average molecular weight is 398 g/mol. The number of carbonyl (C=O) groups is 2. The summed E-state index contributed by atoms with van der Waals surface area (Å²) < 4.78 is 25.4. The number of anilines is 1. The van der Waals surface area contributed by atoms with Crippen LogP contribution in [0.15, 0.2) is 47.4 Å². The Morgan fingerprint density at radius 1 is 1.07 bits per heavy atom. The van der Waals surface area contributed by atoms with Crippen molar-refractivity contribution in [3.05, 3.63) is 59.2 Å². The van der Waals surface area contributed by atoms with Gasteiger partial charge in [-0.3, -0.25) is 9.59 Å². The van der Waals surface area contributed by atoms with Crippen molar-refractivity contribution in [2.75, 3.05) is 24.2 Å². The van der Waals surface area contributed by atoms with E-state index in [-0.39, 0.29) is 35.3 Å². The Bertz CT molecular complexity index is 1060. The number of hydrogen-bond donors (Lipinski definition) is 0. The van der Waals surface area contributed by atoms with Crippen molar-refractivity contribution in [2.45, 2.75) is 30.7 Å². The van der Waals surface area contributed by atoms with Crippen molar-refractivity contribution in [1.82, 2.24) is 4.90 Å². The molecule has 0 atom stereocenters. The maximum Gasteiger partial charge on any atom is 0.231 e. The second-order valence-electron chi connectivity index (χ2n) is 7.32. The number of benzene rings is 2. The molecule has 0 aliphatic carbocycles. The second kappa shape index (κ2) is 7.05. The van der Waals surface area contributed by atoms with Gasteiger partial charge in [0.25, 0.3) is 0 Å². The van der Waals surface area contributed by atoms with Crippen molar-refractivity contribution in [3.63, 3.8) is 0 Å². The molecule has 2 aliphatic heterocycles. The summed E-state index contributed by atoms with van der Waals surface area (Å²) >= 11 is 0. The Kier molecular flexibility index (Phi) is 4.71. The molecule has 2 aromatic carbocycles. The smallest absolute Gasteiger partial charge is 0.231 e. The molecule has 6 nitrogen and oxygen atoms in total. The van der Waals surface area contributed by atoms with Crippen molar-refractivity contribution < 1.29 is 18.0 Å². The van der Waals surface area contributed by atoms with Crippen LogP contribution in [0.3, 0.4) is 0 Å². The first-order valence-corrected chi connectivity index (χ1v) is 11.0. The Hall–Kier alpha value is -2.67. The molecular weight excluding hydrogens is 376 g/mol. The Morgan fingerprint density at radius 2 is 1.82 bits per heavy atom. The van der Waals surface area contributed by atoms with Gasteiger partial charge >= 0.3 is 0 Å². The topological polar surface area (TPSA) is 74.8 Å². The number of hydrogen-bond acceptors (Lipinski definition) is 4. The molecule has 146 valence electrons. The highest BCUT2D eigenvalue weighted by atomic mass is 32.2. The van der Waals surface area contributed by atoms with Crippen molar-refractivity contribution in [3.8, 4) is 0 Å². The Balaban J connectivity index is 1.43. The van der Waals surface area contributed by atoms with Crippen LogP contribution in [-0.2, 0) is 38.8 Å². The van der Waals surface area contributed by atoms with E-state index in [0.717, 1.165) is 17.7 Å². The predicted octanol–water partition coefficient (Wildman–Crippen LogP) is 1.95. The SMILES string of the molecule is CN1C(=O)Cc2cc(S(=O)(=O)CCC(=O)N3CCc4ccccc4C3)ccc21. The maximum absolute atomic E-state index is 12.7. The fourth-order valence-corrected chi connectivity index (χ4v) is 5.12. The summed E-state index contributed by atoms with van der Waals surface area (Å²) in [5.74, 6) is -0.425. The lowest BCUT2D eigenvalue weighted by Crippen LogP contribution is -2.36. The summed E-state index contributed by atoms with van der Waals surface area (Å²) in [7, 11) is -1.91. The second-order valence-corrected chi connectivity index (χ2v) is 9.43. The van der Waals surface area contributed by atoms with Gasteiger partial charge in [0, 0.05) is 32.2 Å². The van der Waals surface area contributed by atoms with E-state index in [4.69, 9.17) is 0 Å². The third-order valence-electron chi connectivity index (χ3n) is 5.56. The first-order valence-electron chi connectivity index (χ1n) is 9.32. The van der Waals surface area contributed by atoms with E-state index in [1.807, 2.05) is 18.2 Å². The summed E-state index contributed by atoms with van der Waals surface area (Å²) in [6.45, 7) is 1.14. The first-order chi connectivity index (χ1) is 13.3. The third-order valence-corrected chi connectivity index (χ3v) is 7.27. The molecule has 0 N–H and O–H groups in total. The van der Waals surface area contributed by atoms with Crippen LogP contribution in [0.5, 0.6) is 0 Å². The number of nitrogens with zero attached hydrogens (tertiary/aromatic N) is 2. The largest absolute Gasteiger partial charge is 0.338 e. The molecule has 0 radical (unpaired) electrons. The molecule has 28 heavy (non-hydrogen) atoms. The molecule has 0 aromatic heterocycles. The van der Waals surface area contributed by atoms with E-state index in [2.05, 4.69) is 6.07 Å². The van der Waals surface area contributed by atoms with Crippen molar-refractivity contribution in [2.24, 2.45) is 0 Å². The molecule has 7 heteroatoms. The number of sulfone groups is 1. The molecule has 2 aromatic rings. The average Bonchev–Trinajstić information content (AvgIpc) is 2.99. The van der Waals surface area contributed by atoms with Crippen LogP contribution in [0.1, 0.15) is 23.1 Å². The number of rotatable bonds is 4. The summed E-state index contributed by atoms with van der Waals surface area (Å²) in [4.78, 5) is 27.8. The van der Waals surface area contributed by atoms with Gasteiger partial charge in [0.05, 0.1) is 17.1 Å². The van der Waals surface area contributed by atoms with Gasteiger partial charge in [-0.25, -0.2) is 8.42 Å². The minimum atomic E-state index is -3.59. The first kappa shape index (κ1) is 18.7. The minimum absolute atomic E-state index is 0.0413. The monoisotopic (exact) mass is 398 g/mol. The van der Waals surface area contributed by atoms with Crippen molar-refractivity contribution in [1.29, 1.82) is 0 Å². The van der Waals surface area contributed by atoms with Crippen LogP contribution in [0.4, 0.5) is 5.69 Å². The van der Waals surface area contributed by atoms with Crippen LogP contribution in [-0.4, -0.2) is 44.5 Å². The van der Waals surface area contributed by atoms with E-state index < -0.39 is 9.84 Å². The van der Waals surface area contributed by atoms with Crippen LogP contribution in [0.2, 0.25) is 0 Å². The van der Waals surface area contributed by atoms with Gasteiger partial charge in [-0.15, -0.1) is 0 Å². The maximum atomic E-state index is 12.7. The molecular formula is C21H22N2O4S. The van der Waals surface area contributed by atoms with Gasteiger partial charge in [-0.1, -0.05) is 24.3 Å². The van der Waals surface area contributed by atoms with E-state index in [0.29, 0.717) is 18.7 Å². The fourth-order valence-electron chi connectivity index (χ4n) is 3.85. The number of carbonyl (C=O) groups excluding carboxylic acids is 2. The number of amides is 2. The van der Waals surface area contributed by atoms with Crippen molar-refractivity contribution >= 4 is 27.3 Å². The molecule has 0 bridgehead atoms. The van der Waals surface area contributed by atoms with Gasteiger partial charge in [-0.05, 0) is 41.3 Å². The van der Waals surface area contributed by atoms with Crippen LogP contribution >= 0.6 is 0 Å². The lowest BCUT2D eigenvalue weighted by Gasteiger charge is -2.29. The third kappa shape index (κ3) is 3.42. The quantitative estimate of drug-likeness (QED) is 0.789. The normalized spacial score (nSPS) is 16.1. The highest BCUT2D eigenvalue weighted by molar-refractivity contribution is 7.91. The lowest BCUT2D eigenvalue weighted by molar-refractivity contribution is -0.131. The van der Waals surface area contributed by atoms with E-state index in [1.165, 1.54) is 16.5 Å². The molecule has 4 rings (SSSR count). The number of fused-ring (bicyclic) bond motifs is 2. The van der Waals surface area contributed by atoms with Gasteiger partial charge in [-0.2, -0.15) is 0 Å². The zero-order valence-electron chi connectivity index (χ0n) is 15.7. The van der Waals surface area contributed by atoms with E-state index in [1.54, 1.807) is 24.1 Å². The summed E-state index contributed by atoms with van der Waals surface area (Å²) in [5, 5.41) is 0. The van der Waals surface area contributed by atoms with Gasteiger partial charge in [0.15, 0.2) is 9.84 Å². The molecule has 0 fully saturated rings. The van der Waals surface area contributed by atoms with Gasteiger partial charge in [0.2, 0.25) is 11.8 Å². The summed E-state index contributed by atoms with van der Waals surface area (Å²) in [6.07, 6.45) is 0.961. The molecule has 2 heterocycles. The molecule has 0 saturated carbocycles. The predicted molar refractivity (Wildman–Crippen MR) is 106 cm³/mol. The molecule has 0 spiro atoms. The fraction of sp³-hybridized carbons (Fsp3) is 0.333. The standard InChI is InChI=1S/C21H22N2O4S/c1-22-19-7-6-18(12-17(19)13-21(22)25)28(26,27)11-9-20(24)23-10-8-15-4-2-3-5-16(15)14-23/h2-7,12H,8-11,13-14H2,1H3. The Labute approximate surface area is 164 Å². The van der Waals surface area contributed by atoms with Gasteiger partial charge < -0.3 is 9.80 Å². The van der Waals surface area contributed by atoms with E-state index >= 15 is 0 Å². The minimum Gasteiger partial charge on any atom is -0.338 e. The van der Waals surface area contributed by atoms with Crippen LogP contribution < -0.4 is 4.90 Å². The summed E-state index contributed by atoms with van der Waals surface area (Å²) in [5.41, 5.74) is 3.83. The Morgan fingerprint density at radius 3 is 2.61 bits per heavy atom. The number of likely N-dealkylation sites (N-methyl/N-ethyl adjacent to an activating group) is 1. The summed E-state index contributed by atoms with van der Waals surface area (Å²) in [6, 6.07) is 12.8. The van der Waals surface area contributed by atoms with Crippen LogP contribution in [0, 0.1) is 0 Å². The molecule has 0 unspecified atom stereocenters.